The van der Waals surface area contributed by atoms with Gasteiger partial charge in [0, 0.05) is 0 Å². The van der Waals surface area contributed by atoms with Gasteiger partial charge in [-0.15, -0.1) is 0 Å². The van der Waals surface area contributed by atoms with Crippen LogP contribution in [-0.4, -0.2) is 30.1 Å². The number of alkyl halides is 1. The van der Waals surface area contributed by atoms with E-state index in [1.165, 1.54) is 0 Å². The van der Waals surface area contributed by atoms with Gasteiger partial charge in [0.1, 0.15) is 6.10 Å². The molecule has 0 N–H and O–H groups in total. The molecule has 3 atom stereocenters. The van der Waals surface area contributed by atoms with Crippen LogP contribution in [0.4, 0.5) is 0 Å². The number of carbonyl (C=O) groups is 1. The zero-order chi connectivity index (χ0) is 7.56. The van der Waals surface area contributed by atoms with E-state index in [0.717, 1.165) is 6.29 Å². The van der Waals surface area contributed by atoms with Gasteiger partial charge in [0.2, 0.25) is 0 Å². The number of hydrogen-bond acceptors (Lipinski definition) is 3. The number of aldehydes is 1. The highest BCUT2D eigenvalue weighted by Gasteiger charge is 2.28. The second-order valence-corrected chi connectivity index (χ2v) is 3.63. The lowest BCUT2D eigenvalue weighted by atomic mass is 10.4. The van der Waals surface area contributed by atoms with Crippen molar-refractivity contribution in [2.24, 2.45) is 0 Å². The number of ether oxygens (including phenoxy) is 2. The monoisotopic (exact) mass is 208 g/mol. The fraction of sp³-hybridized carbons (Fsp3) is 0.833. The first-order chi connectivity index (χ1) is 4.74. The van der Waals surface area contributed by atoms with Gasteiger partial charge in [0.15, 0.2) is 12.6 Å². The molecule has 1 aliphatic heterocycles. The van der Waals surface area contributed by atoms with Crippen LogP contribution in [0.1, 0.15) is 6.92 Å². The van der Waals surface area contributed by atoms with Crippen molar-refractivity contribution in [3.05, 3.63) is 0 Å². The van der Waals surface area contributed by atoms with Crippen LogP contribution in [0, 0.1) is 0 Å². The van der Waals surface area contributed by atoms with Gasteiger partial charge < -0.3 is 14.3 Å². The summed E-state index contributed by atoms with van der Waals surface area (Å²) < 4.78 is 10.3. The molecule has 58 valence electrons. The molecule has 1 unspecified atom stereocenters. The van der Waals surface area contributed by atoms with E-state index in [2.05, 4.69) is 15.9 Å². The van der Waals surface area contributed by atoms with E-state index in [4.69, 9.17) is 9.47 Å². The molecule has 0 aromatic rings. The molecule has 1 saturated heterocycles. The third-order valence-corrected chi connectivity index (χ3v) is 1.69. The summed E-state index contributed by atoms with van der Waals surface area (Å²) in [4.78, 5) is 10.3. The average Bonchev–Trinajstić information content (AvgIpc) is 2.34. The molecule has 4 heteroatoms. The largest absolute Gasteiger partial charge is 0.348 e. The molecule has 0 aromatic heterocycles. The number of rotatable bonds is 2. The lowest BCUT2D eigenvalue weighted by Gasteiger charge is -2.10. The van der Waals surface area contributed by atoms with E-state index in [9.17, 15) is 4.79 Å². The van der Waals surface area contributed by atoms with Gasteiger partial charge in [-0.3, -0.25) is 0 Å². The van der Waals surface area contributed by atoms with Crippen LogP contribution in [0.3, 0.4) is 0 Å². The number of carbonyl (C=O) groups excluding carboxylic acids is 1. The summed E-state index contributed by atoms with van der Waals surface area (Å²) in [5.41, 5.74) is 0. The molecular formula is C6H9BrO3. The predicted octanol–water partition coefficient (Wildman–Crippen LogP) is 0.710. The topological polar surface area (TPSA) is 35.5 Å². The summed E-state index contributed by atoms with van der Waals surface area (Å²) in [5, 5.41) is 0. The van der Waals surface area contributed by atoms with Crippen LogP contribution in [0.2, 0.25) is 0 Å². The maximum Gasteiger partial charge on any atom is 0.170 e. The molecule has 1 aliphatic rings. The average molecular weight is 209 g/mol. The van der Waals surface area contributed by atoms with Crippen LogP contribution in [0.15, 0.2) is 0 Å². The first kappa shape index (κ1) is 8.17. The second kappa shape index (κ2) is 3.46. The molecular weight excluding hydrogens is 200 g/mol. The molecule has 1 rings (SSSR count). The first-order valence-corrected chi connectivity index (χ1v) is 4.02. The Balaban J connectivity index is 2.35. The minimum atomic E-state index is -0.370. The highest BCUT2D eigenvalue weighted by molar-refractivity contribution is 9.09. The summed E-state index contributed by atoms with van der Waals surface area (Å²) in [6, 6.07) is 0. The molecule has 0 aliphatic carbocycles. The van der Waals surface area contributed by atoms with E-state index in [0.29, 0.717) is 6.61 Å². The van der Waals surface area contributed by atoms with Crippen LogP contribution < -0.4 is 0 Å². The van der Waals surface area contributed by atoms with Gasteiger partial charge in [-0.25, -0.2) is 0 Å². The quantitative estimate of drug-likeness (QED) is 0.496. The second-order valence-electron chi connectivity index (χ2n) is 2.19. The van der Waals surface area contributed by atoms with Crippen LogP contribution in [0.25, 0.3) is 0 Å². The molecule has 0 amide bonds. The van der Waals surface area contributed by atoms with Gasteiger partial charge in [-0.05, 0) is 6.92 Å². The van der Waals surface area contributed by atoms with Gasteiger partial charge in [-0.2, -0.15) is 0 Å². The fourth-order valence-electron chi connectivity index (χ4n) is 0.753. The molecule has 0 bridgehead atoms. The maximum atomic E-state index is 10.2. The van der Waals surface area contributed by atoms with Crippen molar-refractivity contribution in [1.29, 1.82) is 0 Å². The molecule has 0 radical (unpaired) electrons. The summed E-state index contributed by atoms with van der Waals surface area (Å²) in [6.45, 7) is 2.29. The summed E-state index contributed by atoms with van der Waals surface area (Å²) in [7, 11) is 0. The third-order valence-electron chi connectivity index (χ3n) is 1.26. The van der Waals surface area contributed by atoms with Gasteiger partial charge in [0.05, 0.1) is 11.4 Å². The highest BCUT2D eigenvalue weighted by Crippen LogP contribution is 2.17. The lowest BCUT2D eigenvalue weighted by molar-refractivity contribution is -0.118. The molecule has 0 spiro atoms. The zero-order valence-electron chi connectivity index (χ0n) is 5.62. The predicted molar refractivity (Wildman–Crippen MR) is 39.1 cm³/mol. The van der Waals surface area contributed by atoms with Crippen molar-refractivity contribution in [1.82, 2.24) is 0 Å². The smallest absolute Gasteiger partial charge is 0.170 e. The molecule has 0 aromatic carbocycles. The Morgan fingerprint density at radius 1 is 1.80 bits per heavy atom. The van der Waals surface area contributed by atoms with Gasteiger partial charge in [-0.1, -0.05) is 15.9 Å². The summed E-state index contributed by atoms with van der Waals surface area (Å²) in [5.74, 6) is 0. The van der Waals surface area contributed by atoms with Crippen LogP contribution in [0.5, 0.6) is 0 Å². The lowest BCUT2D eigenvalue weighted by Crippen LogP contribution is -2.20. The highest BCUT2D eigenvalue weighted by atomic mass is 79.9. The SMILES string of the molecule is CC(Br)[C@H]1OC[C@H](C=O)O1. The van der Waals surface area contributed by atoms with Crippen molar-refractivity contribution in [2.75, 3.05) is 6.61 Å². The Morgan fingerprint density at radius 3 is 2.80 bits per heavy atom. The zero-order valence-corrected chi connectivity index (χ0v) is 7.21. The Morgan fingerprint density at radius 2 is 2.50 bits per heavy atom. The third kappa shape index (κ3) is 1.78. The molecule has 1 fully saturated rings. The van der Waals surface area contributed by atoms with Crippen molar-refractivity contribution in [3.63, 3.8) is 0 Å². The van der Waals surface area contributed by atoms with Gasteiger partial charge >= 0.3 is 0 Å². The minimum absolute atomic E-state index is 0.137. The van der Waals surface area contributed by atoms with E-state index < -0.39 is 0 Å². The molecule has 10 heavy (non-hydrogen) atoms. The number of halogens is 1. The van der Waals surface area contributed by atoms with Crippen molar-refractivity contribution in [3.8, 4) is 0 Å². The summed E-state index contributed by atoms with van der Waals surface area (Å²) in [6.07, 6.45) is 0.121. The molecule has 1 heterocycles. The summed E-state index contributed by atoms with van der Waals surface area (Å²) >= 11 is 3.29. The number of hydrogen-bond donors (Lipinski definition) is 0. The molecule has 3 nitrogen and oxygen atoms in total. The maximum absolute atomic E-state index is 10.2. The van der Waals surface area contributed by atoms with Crippen LogP contribution in [-0.2, 0) is 14.3 Å². The standard InChI is InChI=1S/C6H9BrO3/c1-4(7)6-9-3-5(2-8)10-6/h2,4-6H,3H2,1H3/t4?,5-,6-/m0/s1. The van der Waals surface area contributed by atoms with E-state index in [1.807, 2.05) is 6.92 Å². The minimum Gasteiger partial charge on any atom is -0.348 e. The molecule has 0 saturated carbocycles. The van der Waals surface area contributed by atoms with Crippen LogP contribution >= 0.6 is 15.9 Å². The van der Waals surface area contributed by atoms with Crippen molar-refractivity contribution < 1.29 is 14.3 Å². The normalized spacial score (nSPS) is 35.8. The van der Waals surface area contributed by atoms with E-state index >= 15 is 0 Å². The Kier molecular flexibility index (Phi) is 2.82. The Bertz CT molecular complexity index is 126. The van der Waals surface area contributed by atoms with Crippen molar-refractivity contribution in [2.45, 2.75) is 24.1 Å². The Labute approximate surface area is 67.8 Å². The van der Waals surface area contributed by atoms with Gasteiger partial charge in [0.25, 0.3) is 0 Å². The van der Waals surface area contributed by atoms with E-state index in [-0.39, 0.29) is 17.2 Å². The Hall–Kier alpha value is 0.0700. The van der Waals surface area contributed by atoms with Crippen molar-refractivity contribution >= 4 is 22.2 Å². The van der Waals surface area contributed by atoms with E-state index in [1.54, 1.807) is 0 Å². The fourth-order valence-corrected chi connectivity index (χ4v) is 1.03. The first-order valence-electron chi connectivity index (χ1n) is 3.10.